The summed E-state index contributed by atoms with van der Waals surface area (Å²) in [6.07, 6.45) is 0.0386. The van der Waals surface area contributed by atoms with Gasteiger partial charge in [0.1, 0.15) is 11.4 Å². The maximum absolute atomic E-state index is 11.5. The van der Waals surface area contributed by atoms with Crippen molar-refractivity contribution in [2.24, 2.45) is 5.10 Å². The molecule has 20 heavy (non-hydrogen) atoms. The summed E-state index contributed by atoms with van der Waals surface area (Å²) in [5.41, 5.74) is 3.63. The molecule has 1 N–H and O–H groups in total. The number of carbonyl (C=O) groups is 1. The van der Waals surface area contributed by atoms with Gasteiger partial charge in [-0.3, -0.25) is 0 Å². The first-order valence-electron chi connectivity index (χ1n) is 6.46. The molecule has 5 heteroatoms. The number of methoxy groups -OCH3 is 1. The second-order valence-electron chi connectivity index (χ2n) is 5.45. The Kier molecular flexibility index (Phi) is 5.55. The van der Waals surface area contributed by atoms with Gasteiger partial charge in [0, 0.05) is 12.1 Å². The van der Waals surface area contributed by atoms with Gasteiger partial charge in [0.05, 0.1) is 7.11 Å². The molecule has 0 aliphatic rings. The number of amides is 1. The van der Waals surface area contributed by atoms with Gasteiger partial charge in [-0.1, -0.05) is 18.2 Å². The molecule has 5 nitrogen and oxygen atoms in total. The summed E-state index contributed by atoms with van der Waals surface area (Å²) in [7, 11) is 1.63. The molecule has 0 spiro atoms. The number of nitrogens with one attached hydrogen (secondary N) is 1. The van der Waals surface area contributed by atoms with E-state index in [9.17, 15) is 4.79 Å². The van der Waals surface area contributed by atoms with E-state index >= 15 is 0 Å². The first kappa shape index (κ1) is 16.0. The van der Waals surface area contributed by atoms with Crippen molar-refractivity contribution in [2.45, 2.75) is 39.7 Å². The Balaban J connectivity index is 2.60. The van der Waals surface area contributed by atoms with Crippen LogP contribution < -0.4 is 10.2 Å². The lowest BCUT2D eigenvalue weighted by Gasteiger charge is -2.18. The molecule has 0 aromatic heterocycles. The Morgan fingerprint density at radius 3 is 2.55 bits per heavy atom. The zero-order valence-electron chi connectivity index (χ0n) is 12.7. The third-order valence-corrected chi connectivity index (χ3v) is 2.38. The van der Waals surface area contributed by atoms with Crippen molar-refractivity contribution in [3.63, 3.8) is 0 Å². The van der Waals surface area contributed by atoms with Crippen LogP contribution in [-0.4, -0.2) is 24.5 Å². The molecule has 0 saturated heterocycles. The van der Waals surface area contributed by atoms with Crippen molar-refractivity contribution in [3.8, 4) is 5.75 Å². The maximum atomic E-state index is 11.5. The first-order valence-corrected chi connectivity index (χ1v) is 6.46. The van der Waals surface area contributed by atoms with Gasteiger partial charge in [-0.05, 0) is 39.3 Å². The molecule has 1 amide bonds. The second-order valence-corrected chi connectivity index (χ2v) is 5.45. The number of para-hydroxylation sites is 1. The minimum absolute atomic E-state index is 0.532. The van der Waals surface area contributed by atoms with Crippen LogP contribution in [0, 0.1) is 0 Å². The molecular formula is C15H22N2O3. The predicted octanol–water partition coefficient (Wildman–Crippen LogP) is 3.14. The average Bonchev–Trinajstić information content (AvgIpc) is 2.35. The van der Waals surface area contributed by atoms with Crippen LogP contribution in [0.2, 0.25) is 0 Å². The number of rotatable bonds is 4. The van der Waals surface area contributed by atoms with Gasteiger partial charge in [0.2, 0.25) is 0 Å². The van der Waals surface area contributed by atoms with Crippen LogP contribution in [0.3, 0.4) is 0 Å². The minimum Gasteiger partial charge on any atom is -0.496 e. The predicted molar refractivity (Wildman–Crippen MR) is 79.2 cm³/mol. The maximum Gasteiger partial charge on any atom is 0.428 e. The number of benzene rings is 1. The molecule has 0 heterocycles. The van der Waals surface area contributed by atoms with Crippen LogP contribution in [0.4, 0.5) is 4.79 Å². The van der Waals surface area contributed by atoms with E-state index in [1.165, 1.54) is 0 Å². The third kappa shape index (κ3) is 5.73. The summed E-state index contributed by atoms with van der Waals surface area (Å²) in [6.45, 7) is 7.25. The molecule has 0 aliphatic carbocycles. The molecule has 0 bridgehead atoms. The number of hydrogen-bond donors (Lipinski definition) is 1. The largest absolute Gasteiger partial charge is 0.496 e. The van der Waals surface area contributed by atoms with Gasteiger partial charge >= 0.3 is 6.09 Å². The Morgan fingerprint density at radius 1 is 1.30 bits per heavy atom. The standard InChI is InChI=1S/C15H22N2O3/c1-11(16-17-14(18)20-15(2,3)4)10-12-8-6-7-9-13(12)19-5/h6-9H,10H2,1-5H3,(H,17,18)/b16-11-. The fourth-order valence-electron chi connectivity index (χ4n) is 1.61. The van der Waals surface area contributed by atoms with Crippen LogP contribution >= 0.6 is 0 Å². The first-order chi connectivity index (χ1) is 9.31. The zero-order valence-corrected chi connectivity index (χ0v) is 12.7. The highest BCUT2D eigenvalue weighted by Crippen LogP contribution is 2.18. The Bertz CT molecular complexity index is 490. The molecular weight excluding hydrogens is 256 g/mol. The minimum atomic E-state index is -0.558. The van der Waals surface area contributed by atoms with Gasteiger partial charge in [-0.15, -0.1) is 0 Å². The molecule has 0 fully saturated rings. The van der Waals surface area contributed by atoms with E-state index in [2.05, 4.69) is 10.5 Å². The molecule has 0 atom stereocenters. The highest BCUT2D eigenvalue weighted by molar-refractivity contribution is 5.85. The lowest BCUT2D eigenvalue weighted by Crippen LogP contribution is -2.30. The van der Waals surface area contributed by atoms with Crippen molar-refractivity contribution in [1.82, 2.24) is 5.43 Å². The monoisotopic (exact) mass is 278 g/mol. The van der Waals surface area contributed by atoms with Crippen LogP contribution in [0.5, 0.6) is 5.75 Å². The third-order valence-electron chi connectivity index (χ3n) is 2.38. The summed E-state index contributed by atoms with van der Waals surface area (Å²) < 4.78 is 10.4. The molecule has 1 aromatic rings. The number of carbonyl (C=O) groups excluding carboxylic acids is 1. The summed E-state index contributed by atoms with van der Waals surface area (Å²) in [5.74, 6) is 0.805. The average molecular weight is 278 g/mol. The number of hydrogen-bond acceptors (Lipinski definition) is 4. The topological polar surface area (TPSA) is 59.9 Å². The molecule has 0 radical (unpaired) electrons. The van der Waals surface area contributed by atoms with Crippen molar-refractivity contribution in [2.75, 3.05) is 7.11 Å². The number of nitrogens with zero attached hydrogens (tertiary/aromatic N) is 1. The van der Waals surface area contributed by atoms with Crippen molar-refractivity contribution >= 4 is 11.8 Å². The normalized spacial score (nSPS) is 11.9. The van der Waals surface area contributed by atoms with E-state index in [0.29, 0.717) is 6.42 Å². The molecule has 1 rings (SSSR count). The van der Waals surface area contributed by atoms with Crippen LogP contribution in [0.1, 0.15) is 33.3 Å². The van der Waals surface area contributed by atoms with Crippen LogP contribution in [0.25, 0.3) is 0 Å². The van der Waals surface area contributed by atoms with Crippen LogP contribution in [0.15, 0.2) is 29.4 Å². The summed E-state index contributed by atoms with van der Waals surface area (Å²) in [5, 5.41) is 4.02. The SMILES string of the molecule is COc1ccccc1C/C(C)=N\NC(=O)OC(C)(C)C. The van der Waals surface area contributed by atoms with Gasteiger partial charge < -0.3 is 9.47 Å². The molecule has 1 aromatic carbocycles. The summed E-state index contributed by atoms with van der Waals surface area (Å²) in [6, 6.07) is 7.70. The second kappa shape index (κ2) is 6.93. The highest BCUT2D eigenvalue weighted by Gasteiger charge is 2.15. The van der Waals surface area contributed by atoms with Crippen LogP contribution in [-0.2, 0) is 11.2 Å². The van der Waals surface area contributed by atoms with Crippen molar-refractivity contribution in [3.05, 3.63) is 29.8 Å². The lowest BCUT2D eigenvalue weighted by molar-refractivity contribution is 0.0529. The van der Waals surface area contributed by atoms with Gasteiger partial charge in [0.15, 0.2) is 0 Å². The Labute approximate surface area is 120 Å². The lowest BCUT2D eigenvalue weighted by atomic mass is 10.1. The van der Waals surface area contributed by atoms with E-state index in [-0.39, 0.29) is 0 Å². The van der Waals surface area contributed by atoms with Crippen molar-refractivity contribution < 1.29 is 14.3 Å². The van der Waals surface area contributed by atoms with E-state index in [4.69, 9.17) is 9.47 Å². The number of hydrazone groups is 1. The zero-order chi connectivity index (χ0) is 15.2. The molecule has 0 aliphatic heterocycles. The van der Waals surface area contributed by atoms with Gasteiger partial charge in [-0.2, -0.15) is 5.10 Å². The smallest absolute Gasteiger partial charge is 0.428 e. The van der Waals surface area contributed by atoms with E-state index in [0.717, 1.165) is 17.0 Å². The highest BCUT2D eigenvalue weighted by atomic mass is 16.6. The number of ether oxygens (including phenoxy) is 2. The Morgan fingerprint density at radius 2 is 1.95 bits per heavy atom. The van der Waals surface area contributed by atoms with E-state index < -0.39 is 11.7 Å². The molecule has 0 saturated carbocycles. The molecule has 0 unspecified atom stereocenters. The fourth-order valence-corrected chi connectivity index (χ4v) is 1.61. The van der Waals surface area contributed by atoms with Crippen molar-refractivity contribution in [1.29, 1.82) is 0 Å². The molecule has 110 valence electrons. The van der Waals surface area contributed by atoms with E-state index in [1.807, 2.05) is 31.2 Å². The van der Waals surface area contributed by atoms with E-state index in [1.54, 1.807) is 27.9 Å². The van der Waals surface area contributed by atoms with Gasteiger partial charge in [-0.25, -0.2) is 10.2 Å². The Hall–Kier alpha value is -2.04. The summed E-state index contributed by atoms with van der Waals surface area (Å²) in [4.78, 5) is 11.5. The quantitative estimate of drug-likeness (QED) is 0.680. The fraction of sp³-hybridized carbons (Fsp3) is 0.467. The summed E-state index contributed by atoms with van der Waals surface area (Å²) >= 11 is 0. The van der Waals surface area contributed by atoms with Gasteiger partial charge in [0.25, 0.3) is 0 Å².